The van der Waals surface area contributed by atoms with Crippen LogP contribution in [0.5, 0.6) is 5.75 Å². The molecule has 0 fully saturated rings. The summed E-state index contributed by atoms with van der Waals surface area (Å²) in [7, 11) is 0. The minimum absolute atomic E-state index is 0.191. The van der Waals surface area contributed by atoms with Gasteiger partial charge in [-0.25, -0.2) is 4.39 Å². The highest BCUT2D eigenvalue weighted by Crippen LogP contribution is 2.24. The van der Waals surface area contributed by atoms with E-state index in [0.717, 1.165) is 12.2 Å². The van der Waals surface area contributed by atoms with Crippen LogP contribution in [0.1, 0.15) is 29.3 Å². The van der Waals surface area contributed by atoms with Gasteiger partial charge in [0.15, 0.2) is 5.78 Å². The Morgan fingerprint density at radius 3 is 2.55 bits per heavy atom. The third-order valence-corrected chi connectivity index (χ3v) is 3.59. The molecule has 0 heterocycles. The average Bonchev–Trinajstić information content (AvgIpc) is 2.48. The Bertz CT molecular complexity index is 608. The molecule has 0 saturated carbocycles. The standard InChI is InChI=1S/C16H14BrFO2/c1-2-10-20-12-8-6-11(7-9-12)16(19)13-4-3-5-14(18)15(13)17/h3-9H,2,10H2,1H3. The molecule has 2 rings (SSSR count). The molecule has 0 aliphatic rings. The van der Waals surface area contributed by atoms with Crippen LogP contribution >= 0.6 is 15.9 Å². The van der Waals surface area contributed by atoms with Gasteiger partial charge in [0, 0.05) is 11.1 Å². The summed E-state index contributed by atoms with van der Waals surface area (Å²) in [5.74, 6) is 0.0545. The van der Waals surface area contributed by atoms with Gasteiger partial charge in [0.05, 0.1) is 11.1 Å². The highest BCUT2D eigenvalue weighted by atomic mass is 79.9. The molecule has 0 radical (unpaired) electrons. The normalized spacial score (nSPS) is 10.3. The highest BCUT2D eigenvalue weighted by Gasteiger charge is 2.14. The van der Waals surface area contributed by atoms with Gasteiger partial charge in [-0.3, -0.25) is 4.79 Å². The fraction of sp³-hybridized carbons (Fsp3) is 0.188. The summed E-state index contributed by atoms with van der Waals surface area (Å²) in [5, 5.41) is 0. The Morgan fingerprint density at radius 1 is 1.20 bits per heavy atom. The van der Waals surface area contributed by atoms with Crippen molar-refractivity contribution in [2.24, 2.45) is 0 Å². The summed E-state index contributed by atoms with van der Waals surface area (Å²) in [6.45, 7) is 2.67. The van der Waals surface area contributed by atoms with Gasteiger partial charge in [0.25, 0.3) is 0 Å². The highest BCUT2D eigenvalue weighted by molar-refractivity contribution is 9.10. The lowest BCUT2D eigenvalue weighted by Gasteiger charge is -2.07. The van der Waals surface area contributed by atoms with Gasteiger partial charge in [-0.15, -0.1) is 0 Å². The summed E-state index contributed by atoms with van der Waals surface area (Å²) in [6, 6.07) is 11.3. The summed E-state index contributed by atoms with van der Waals surface area (Å²) >= 11 is 3.11. The monoisotopic (exact) mass is 336 g/mol. The number of ketones is 1. The van der Waals surface area contributed by atoms with E-state index >= 15 is 0 Å². The molecule has 2 aromatic rings. The smallest absolute Gasteiger partial charge is 0.194 e. The largest absolute Gasteiger partial charge is 0.494 e. The average molecular weight is 337 g/mol. The van der Waals surface area contributed by atoms with Crippen LogP contribution in [-0.2, 0) is 0 Å². The third kappa shape index (κ3) is 3.25. The summed E-state index contributed by atoms with van der Waals surface area (Å²) in [6.07, 6.45) is 0.928. The molecule has 0 aliphatic heterocycles. The van der Waals surface area contributed by atoms with Crippen LogP contribution in [0.2, 0.25) is 0 Å². The van der Waals surface area contributed by atoms with Crippen LogP contribution in [0.25, 0.3) is 0 Å². The second-order valence-corrected chi connectivity index (χ2v) is 5.10. The lowest BCUT2D eigenvalue weighted by atomic mass is 10.0. The number of halogens is 2. The van der Waals surface area contributed by atoms with Crippen LogP contribution in [-0.4, -0.2) is 12.4 Å². The lowest BCUT2D eigenvalue weighted by molar-refractivity contribution is 0.103. The van der Waals surface area contributed by atoms with Gasteiger partial charge in [0.1, 0.15) is 11.6 Å². The van der Waals surface area contributed by atoms with E-state index in [1.165, 1.54) is 12.1 Å². The second kappa shape index (κ2) is 6.66. The van der Waals surface area contributed by atoms with E-state index in [1.807, 2.05) is 6.92 Å². The Morgan fingerprint density at radius 2 is 1.90 bits per heavy atom. The van der Waals surface area contributed by atoms with E-state index in [4.69, 9.17) is 4.74 Å². The molecule has 0 aromatic heterocycles. The first-order chi connectivity index (χ1) is 9.63. The Labute approximate surface area is 125 Å². The maximum atomic E-state index is 13.4. The van der Waals surface area contributed by atoms with Crippen LogP contribution in [0.4, 0.5) is 4.39 Å². The molecule has 0 aliphatic carbocycles. The molecule has 0 bridgehead atoms. The minimum Gasteiger partial charge on any atom is -0.494 e. The van der Waals surface area contributed by atoms with Gasteiger partial charge in [0.2, 0.25) is 0 Å². The fourth-order valence-electron chi connectivity index (χ4n) is 1.76. The molecule has 0 N–H and O–H groups in total. The van der Waals surface area contributed by atoms with Crippen molar-refractivity contribution < 1.29 is 13.9 Å². The SMILES string of the molecule is CCCOc1ccc(C(=O)c2cccc(F)c2Br)cc1. The predicted octanol–water partition coefficient (Wildman–Crippen LogP) is 4.61. The van der Waals surface area contributed by atoms with E-state index in [9.17, 15) is 9.18 Å². The van der Waals surface area contributed by atoms with Crippen molar-refractivity contribution in [3.05, 3.63) is 63.9 Å². The van der Waals surface area contributed by atoms with Gasteiger partial charge >= 0.3 is 0 Å². The molecule has 0 spiro atoms. The molecule has 0 saturated heterocycles. The van der Waals surface area contributed by atoms with Crippen molar-refractivity contribution in [1.82, 2.24) is 0 Å². The van der Waals surface area contributed by atoms with E-state index in [-0.39, 0.29) is 10.3 Å². The number of hydrogen-bond donors (Lipinski definition) is 0. The first-order valence-corrected chi connectivity index (χ1v) is 7.14. The van der Waals surface area contributed by atoms with Gasteiger partial charge in [-0.05, 0) is 58.7 Å². The Kier molecular flexibility index (Phi) is 4.90. The first kappa shape index (κ1) is 14.7. The zero-order valence-electron chi connectivity index (χ0n) is 11.0. The van der Waals surface area contributed by atoms with Crippen LogP contribution < -0.4 is 4.74 Å². The second-order valence-electron chi connectivity index (χ2n) is 4.30. The number of carbonyl (C=O) groups excluding carboxylic acids is 1. The van der Waals surface area contributed by atoms with E-state index < -0.39 is 5.82 Å². The van der Waals surface area contributed by atoms with Crippen LogP contribution in [0.15, 0.2) is 46.9 Å². The lowest BCUT2D eigenvalue weighted by Crippen LogP contribution is -2.03. The van der Waals surface area contributed by atoms with Crippen LogP contribution in [0.3, 0.4) is 0 Å². The first-order valence-electron chi connectivity index (χ1n) is 6.35. The molecule has 20 heavy (non-hydrogen) atoms. The number of hydrogen-bond acceptors (Lipinski definition) is 2. The molecule has 2 nitrogen and oxygen atoms in total. The molecule has 0 atom stereocenters. The number of carbonyl (C=O) groups is 1. The van der Waals surface area contributed by atoms with E-state index in [0.29, 0.717) is 17.7 Å². The van der Waals surface area contributed by atoms with Crippen molar-refractivity contribution >= 4 is 21.7 Å². The number of rotatable bonds is 5. The van der Waals surface area contributed by atoms with Crippen LogP contribution in [0, 0.1) is 5.82 Å². The number of ether oxygens (including phenoxy) is 1. The van der Waals surface area contributed by atoms with Gasteiger partial charge in [-0.1, -0.05) is 13.0 Å². The summed E-state index contributed by atoms with van der Waals surface area (Å²) in [4.78, 5) is 12.3. The van der Waals surface area contributed by atoms with Crippen molar-refractivity contribution in [1.29, 1.82) is 0 Å². The quantitative estimate of drug-likeness (QED) is 0.745. The maximum Gasteiger partial charge on any atom is 0.194 e. The Hall–Kier alpha value is -1.68. The topological polar surface area (TPSA) is 26.3 Å². The number of benzene rings is 2. The molecule has 104 valence electrons. The van der Waals surface area contributed by atoms with E-state index in [2.05, 4.69) is 15.9 Å². The molecule has 0 unspecified atom stereocenters. The Balaban J connectivity index is 2.23. The zero-order chi connectivity index (χ0) is 14.5. The molecule has 0 amide bonds. The summed E-state index contributed by atoms with van der Waals surface area (Å²) < 4.78 is 19.1. The van der Waals surface area contributed by atoms with Crippen molar-refractivity contribution in [3.8, 4) is 5.75 Å². The third-order valence-electron chi connectivity index (χ3n) is 2.79. The van der Waals surface area contributed by atoms with Crippen molar-refractivity contribution in [2.75, 3.05) is 6.61 Å². The van der Waals surface area contributed by atoms with Gasteiger partial charge in [-0.2, -0.15) is 0 Å². The maximum absolute atomic E-state index is 13.4. The predicted molar refractivity (Wildman–Crippen MR) is 79.8 cm³/mol. The minimum atomic E-state index is -0.446. The molecule has 2 aromatic carbocycles. The summed E-state index contributed by atoms with van der Waals surface area (Å²) in [5.41, 5.74) is 0.812. The molecule has 4 heteroatoms. The van der Waals surface area contributed by atoms with E-state index in [1.54, 1.807) is 30.3 Å². The zero-order valence-corrected chi connectivity index (χ0v) is 12.6. The van der Waals surface area contributed by atoms with Crippen molar-refractivity contribution in [3.63, 3.8) is 0 Å². The van der Waals surface area contributed by atoms with Gasteiger partial charge < -0.3 is 4.74 Å². The fourth-order valence-corrected chi connectivity index (χ4v) is 2.20. The van der Waals surface area contributed by atoms with Crippen molar-refractivity contribution in [2.45, 2.75) is 13.3 Å². The molecular formula is C16H14BrFO2. The molecular weight excluding hydrogens is 323 g/mol.